The summed E-state index contributed by atoms with van der Waals surface area (Å²) >= 11 is 0. The monoisotopic (exact) mass is 268 g/mol. The molecule has 0 amide bonds. The van der Waals surface area contributed by atoms with Gasteiger partial charge in [-0.3, -0.25) is 0 Å². The van der Waals surface area contributed by atoms with Crippen molar-refractivity contribution in [3.63, 3.8) is 0 Å². The molecule has 0 aliphatic carbocycles. The third-order valence-corrected chi connectivity index (χ3v) is 4.48. The molecule has 2 rings (SSSR count). The molecule has 0 saturated carbocycles. The van der Waals surface area contributed by atoms with Crippen molar-refractivity contribution in [3.8, 4) is 0 Å². The van der Waals surface area contributed by atoms with Gasteiger partial charge in [0, 0.05) is 13.2 Å². The molecule has 0 aromatic carbocycles. The molecule has 19 heavy (non-hydrogen) atoms. The van der Waals surface area contributed by atoms with Gasteiger partial charge in [0.05, 0.1) is 6.10 Å². The molecule has 2 saturated heterocycles. The normalized spacial score (nSPS) is 26.4. The number of hydrogen-bond donors (Lipinski definition) is 1. The zero-order valence-electron chi connectivity index (χ0n) is 12.9. The maximum absolute atomic E-state index is 5.70. The van der Waals surface area contributed by atoms with Crippen LogP contribution in [0.5, 0.6) is 0 Å². The Morgan fingerprint density at radius 3 is 2.63 bits per heavy atom. The molecule has 2 aliphatic heterocycles. The molecule has 0 aromatic heterocycles. The second kappa shape index (κ2) is 8.23. The third-order valence-electron chi connectivity index (χ3n) is 4.48. The molecular formula is C16H32N2O. The zero-order chi connectivity index (χ0) is 13.5. The Morgan fingerprint density at radius 2 is 2.00 bits per heavy atom. The van der Waals surface area contributed by atoms with Crippen LogP contribution in [0.2, 0.25) is 0 Å². The van der Waals surface area contributed by atoms with Gasteiger partial charge >= 0.3 is 0 Å². The highest BCUT2D eigenvalue weighted by molar-refractivity contribution is 4.75. The maximum Gasteiger partial charge on any atom is 0.0588 e. The van der Waals surface area contributed by atoms with Crippen LogP contribution < -0.4 is 5.32 Å². The summed E-state index contributed by atoms with van der Waals surface area (Å²) in [6, 6.07) is 0. The van der Waals surface area contributed by atoms with Crippen LogP contribution in [-0.4, -0.2) is 50.3 Å². The Morgan fingerprint density at radius 1 is 1.21 bits per heavy atom. The summed E-state index contributed by atoms with van der Waals surface area (Å²) in [5.74, 6) is 1.67. The molecule has 1 atom stereocenters. The average molecular weight is 268 g/mol. The van der Waals surface area contributed by atoms with Crippen molar-refractivity contribution in [1.82, 2.24) is 10.2 Å². The van der Waals surface area contributed by atoms with Gasteiger partial charge in [-0.25, -0.2) is 0 Å². The summed E-state index contributed by atoms with van der Waals surface area (Å²) in [5, 5.41) is 3.61. The lowest BCUT2D eigenvalue weighted by molar-refractivity contribution is 0.0850. The molecule has 0 bridgehead atoms. The van der Waals surface area contributed by atoms with Crippen LogP contribution in [0.1, 0.15) is 46.0 Å². The number of hydrogen-bond acceptors (Lipinski definition) is 3. The predicted octanol–water partition coefficient (Wildman–Crippen LogP) is 2.51. The molecule has 112 valence electrons. The van der Waals surface area contributed by atoms with Crippen molar-refractivity contribution in [1.29, 1.82) is 0 Å². The fraction of sp³-hybridized carbons (Fsp3) is 1.00. The number of piperidine rings is 1. The van der Waals surface area contributed by atoms with Crippen molar-refractivity contribution < 1.29 is 4.74 Å². The molecule has 0 spiro atoms. The van der Waals surface area contributed by atoms with Gasteiger partial charge in [0.15, 0.2) is 0 Å². The maximum atomic E-state index is 5.70. The van der Waals surface area contributed by atoms with E-state index in [1.807, 2.05) is 0 Å². The van der Waals surface area contributed by atoms with Crippen LogP contribution in [-0.2, 0) is 4.74 Å². The lowest BCUT2D eigenvalue weighted by Crippen LogP contribution is -2.39. The van der Waals surface area contributed by atoms with Gasteiger partial charge in [-0.2, -0.15) is 0 Å². The highest BCUT2D eigenvalue weighted by Crippen LogP contribution is 2.19. The van der Waals surface area contributed by atoms with Gasteiger partial charge in [-0.15, -0.1) is 0 Å². The first-order valence-corrected chi connectivity index (χ1v) is 8.28. The first-order chi connectivity index (χ1) is 9.24. The minimum absolute atomic E-state index is 0.561. The largest absolute Gasteiger partial charge is 0.378 e. The molecule has 1 unspecified atom stereocenters. The van der Waals surface area contributed by atoms with E-state index in [-0.39, 0.29) is 0 Å². The number of ether oxygens (including phenoxy) is 1. The van der Waals surface area contributed by atoms with Crippen LogP contribution in [0.25, 0.3) is 0 Å². The van der Waals surface area contributed by atoms with Crippen LogP contribution in [0.4, 0.5) is 0 Å². The minimum atomic E-state index is 0.561. The molecule has 2 fully saturated rings. The zero-order valence-corrected chi connectivity index (χ0v) is 12.9. The van der Waals surface area contributed by atoms with Crippen LogP contribution in [0, 0.1) is 11.8 Å². The number of nitrogens with zero attached hydrogens (tertiary/aromatic N) is 1. The highest BCUT2D eigenvalue weighted by atomic mass is 16.5. The van der Waals surface area contributed by atoms with Gasteiger partial charge in [0.1, 0.15) is 0 Å². The fourth-order valence-corrected chi connectivity index (χ4v) is 3.19. The second-order valence-electron chi connectivity index (χ2n) is 6.76. The van der Waals surface area contributed by atoms with Crippen molar-refractivity contribution in [3.05, 3.63) is 0 Å². The smallest absolute Gasteiger partial charge is 0.0588 e. The van der Waals surface area contributed by atoms with Crippen LogP contribution >= 0.6 is 0 Å². The third kappa shape index (κ3) is 5.80. The Hall–Kier alpha value is -0.120. The second-order valence-corrected chi connectivity index (χ2v) is 6.76. The Bertz CT molecular complexity index is 231. The molecular weight excluding hydrogens is 236 g/mol. The van der Waals surface area contributed by atoms with Crippen molar-refractivity contribution in [2.75, 3.05) is 39.3 Å². The van der Waals surface area contributed by atoms with E-state index in [4.69, 9.17) is 4.74 Å². The van der Waals surface area contributed by atoms with Crippen molar-refractivity contribution >= 4 is 0 Å². The first-order valence-electron chi connectivity index (χ1n) is 8.28. The molecule has 1 N–H and O–H groups in total. The first kappa shape index (κ1) is 15.3. The Labute approximate surface area is 119 Å². The lowest BCUT2D eigenvalue weighted by Gasteiger charge is -2.32. The van der Waals surface area contributed by atoms with E-state index in [2.05, 4.69) is 24.1 Å². The van der Waals surface area contributed by atoms with E-state index in [0.717, 1.165) is 18.4 Å². The van der Waals surface area contributed by atoms with E-state index in [1.165, 1.54) is 64.8 Å². The van der Waals surface area contributed by atoms with Crippen LogP contribution in [0.3, 0.4) is 0 Å². The van der Waals surface area contributed by atoms with Crippen molar-refractivity contribution in [2.45, 2.75) is 52.1 Å². The Kier molecular flexibility index (Phi) is 6.62. The summed E-state index contributed by atoms with van der Waals surface area (Å²) in [4.78, 5) is 2.64. The standard InChI is InChI=1S/C16H32N2O/c1-14(2)12-17-13-15-5-8-18(9-6-15)10-7-16-4-3-11-19-16/h14-17H,3-13H2,1-2H3. The summed E-state index contributed by atoms with van der Waals surface area (Å²) < 4.78 is 5.70. The SMILES string of the molecule is CC(C)CNCC1CCN(CCC2CCCO2)CC1. The quantitative estimate of drug-likeness (QED) is 0.768. The fourth-order valence-electron chi connectivity index (χ4n) is 3.19. The molecule has 0 aromatic rings. The van der Waals surface area contributed by atoms with E-state index >= 15 is 0 Å². The molecule has 2 heterocycles. The summed E-state index contributed by atoms with van der Waals surface area (Å²) in [5.41, 5.74) is 0. The van der Waals surface area contributed by atoms with Gasteiger partial charge < -0.3 is 15.0 Å². The predicted molar refractivity (Wildman–Crippen MR) is 80.5 cm³/mol. The molecule has 3 heteroatoms. The molecule has 3 nitrogen and oxygen atoms in total. The molecule has 0 radical (unpaired) electrons. The van der Waals surface area contributed by atoms with Crippen molar-refractivity contribution in [2.24, 2.45) is 11.8 Å². The van der Waals surface area contributed by atoms with Gasteiger partial charge in [-0.1, -0.05) is 13.8 Å². The molecule has 2 aliphatic rings. The van der Waals surface area contributed by atoms with Crippen LogP contribution in [0.15, 0.2) is 0 Å². The lowest BCUT2D eigenvalue weighted by atomic mass is 9.96. The van der Waals surface area contributed by atoms with E-state index in [9.17, 15) is 0 Å². The van der Waals surface area contributed by atoms with E-state index in [0.29, 0.717) is 6.10 Å². The average Bonchev–Trinajstić information content (AvgIpc) is 2.90. The van der Waals surface area contributed by atoms with E-state index in [1.54, 1.807) is 0 Å². The number of nitrogens with one attached hydrogen (secondary N) is 1. The summed E-state index contributed by atoms with van der Waals surface area (Å²) in [7, 11) is 0. The van der Waals surface area contributed by atoms with E-state index < -0.39 is 0 Å². The number of rotatable bonds is 7. The Balaban J connectivity index is 1.52. The highest BCUT2D eigenvalue weighted by Gasteiger charge is 2.21. The minimum Gasteiger partial charge on any atom is -0.378 e. The van der Waals surface area contributed by atoms with Gasteiger partial charge in [0.2, 0.25) is 0 Å². The number of likely N-dealkylation sites (tertiary alicyclic amines) is 1. The summed E-state index contributed by atoms with van der Waals surface area (Å²) in [6.07, 6.45) is 7.11. The van der Waals surface area contributed by atoms with Gasteiger partial charge in [-0.05, 0) is 70.1 Å². The topological polar surface area (TPSA) is 24.5 Å². The summed E-state index contributed by atoms with van der Waals surface area (Å²) in [6.45, 7) is 11.8. The van der Waals surface area contributed by atoms with Gasteiger partial charge in [0.25, 0.3) is 0 Å².